The van der Waals surface area contributed by atoms with E-state index in [1.54, 1.807) is 0 Å². The molecule has 2 amide bonds. The molecule has 1 aliphatic heterocycles. The van der Waals surface area contributed by atoms with E-state index in [2.05, 4.69) is 15.5 Å². The highest BCUT2D eigenvalue weighted by Gasteiger charge is 2.35. The van der Waals surface area contributed by atoms with E-state index in [0.717, 1.165) is 0 Å². The zero-order chi connectivity index (χ0) is 14.1. The van der Waals surface area contributed by atoms with Crippen molar-refractivity contribution in [2.75, 3.05) is 7.05 Å². The predicted octanol–water partition coefficient (Wildman–Crippen LogP) is 1.51. The number of urea groups is 1. The Morgan fingerprint density at radius 3 is 2.28 bits per heavy atom. The summed E-state index contributed by atoms with van der Waals surface area (Å²) < 4.78 is 12.2. The Bertz CT molecular complexity index is 435. The molecule has 0 aromatic heterocycles. The number of amidine groups is 1. The van der Waals surface area contributed by atoms with Gasteiger partial charge in [-0.1, -0.05) is 20.8 Å². The van der Waals surface area contributed by atoms with Crippen LogP contribution in [0.3, 0.4) is 0 Å². The molecule has 0 saturated carbocycles. The van der Waals surface area contributed by atoms with E-state index in [0.29, 0.717) is 5.04 Å². The number of nitrogens with one attached hydrogen (secondary N) is 1. The molecule has 1 heterocycles. The second kappa shape index (κ2) is 5.17. The number of hydrogen-bond acceptors (Lipinski definition) is 4. The molecule has 0 fully saturated rings. The number of rotatable bonds is 1. The van der Waals surface area contributed by atoms with Crippen LogP contribution in [0, 0.1) is 5.41 Å². The highest BCUT2D eigenvalue weighted by Crippen LogP contribution is 2.23. The lowest BCUT2D eigenvalue weighted by atomic mass is 9.99. The molecule has 18 heavy (non-hydrogen) atoms. The van der Waals surface area contributed by atoms with Crippen LogP contribution < -0.4 is 5.32 Å². The van der Waals surface area contributed by atoms with Gasteiger partial charge in [-0.3, -0.25) is 4.90 Å². The Morgan fingerprint density at radius 1 is 1.33 bits per heavy atom. The molecule has 6 nitrogen and oxygen atoms in total. The summed E-state index contributed by atoms with van der Waals surface area (Å²) in [6.45, 7) is 9.45. The second-order valence-electron chi connectivity index (χ2n) is 5.47. The zero-order valence-electron chi connectivity index (χ0n) is 11.6. The van der Waals surface area contributed by atoms with Gasteiger partial charge >= 0.3 is 6.03 Å². The van der Waals surface area contributed by atoms with Crippen LogP contribution in [0.4, 0.5) is 4.79 Å². The summed E-state index contributed by atoms with van der Waals surface area (Å²) in [4.78, 5) is 13.0. The molecule has 102 valence electrons. The molecule has 7 heteroatoms. The summed E-state index contributed by atoms with van der Waals surface area (Å²) in [7, 11) is 0.0690. The number of nitrogens with zero attached hydrogens (tertiary/aromatic N) is 3. The van der Waals surface area contributed by atoms with E-state index in [-0.39, 0.29) is 22.7 Å². The fraction of sp³-hybridized carbons (Fsp3) is 0.727. The van der Waals surface area contributed by atoms with E-state index in [4.69, 9.17) is 0 Å². The lowest BCUT2D eigenvalue weighted by molar-refractivity contribution is 0.224. The maximum Gasteiger partial charge on any atom is 0.323 e. The van der Waals surface area contributed by atoms with E-state index in [1.165, 1.54) is 11.9 Å². The Kier molecular flexibility index (Phi) is 4.26. The fourth-order valence-electron chi connectivity index (χ4n) is 1.30. The van der Waals surface area contributed by atoms with Gasteiger partial charge in [0.2, 0.25) is 5.17 Å². The van der Waals surface area contributed by atoms with Crippen molar-refractivity contribution in [2.45, 2.75) is 40.7 Å². The summed E-state index contributed by atoms with van der Waals surface area (Å²) in [5.41, 5.74) is -0.328. The molecule has 0 bridgehead atoms. The summed E-state index contributed by atoms with van der Waals surface area (Å²) in [6, 6.07) is -0.319. The molecule has 1 aliphatic rings. The average molecular weight is 272 g/mol. The van der Waals surface area contributed by atoms with E-state index in [9.17, 15) is 9.00 Å². The van der Waals surface area contributed by atoms with E-state index < -0.39 is 10.8 Å². The minimum atomic E-state index is -1.47. The first kappa shape index (κ1) is 14.8. The molecular formula is C11H20N4O2S. The molecule has 1 N–H and O–H groups in total. The van der Waals surface area contributed by atoms with E-state index in [1.807, 2.05) is 34.6 Å². The number of hydrogen-bond donors (Lipinski definition) is 1. The Morgan fingerprint density at radius 2 is 1.89 bits per heavy atom. The lowest BCUT2D eigenvalue weighted by Gasteiger charge is -2.20. The molecule has 0 aromatic carbocycles. The topological polar surface area (TPSA) is 74.1 Å². The van der Waals surface area contributed by atoms with Gasteiger partial charge in [0.25, 0.3) is 0 Å². The summed E-state index contributed by atoms with van der Waals surface area (Å²) in [5.74, 6) is 0. The second-order valence-corrected chi connectivity index (χ2v) is 6.76. The average Bonchev–Trinajstić information content (AvgIpc) is 2.57. The van der Waals surface area contributed by atoms with Gasteiger partial charge in [0, 0.05) is 18.5 Å². The van der Waals surface area contributed by atoms with Gasteiger partial charge in [-0.2, -0.15) is 0 Å². The summed E-state index contributed by atoms with van der Waals surface area (Å²) in [6.07, 6.45) is 0. The van der Waals surface area contributed by atoms with Gasteiger partial charge in [0.1, 0.15) is 15.8 Å². The van der Waals surface area contributed by atoms with Crippen LogP contribution in [0.5, 0.6) is 0 Å². The van der Waals surface area contributed by atoms with Crippen molar-refractivity contribution < 1.29 is 9.00 Å². The quantitative estimate of drug-likeness (QED) is 0.785. The maximum atomic E-state index is 12.2. The number of carbonyl (C=O) groups is 1. The van der Waals surface area contributed by atoms with Gasteiger partial charge in [0.05, 0.1) is 0 Å². The fourth-order valence-corrected chi connectivity index (χ4v) is 2.59. The van der Waals surface area contributed by atoms with Gasteiger partial charge in [-0.25, -0.2) is 9.00 Å². The van der Waals surface area contributed by atoms with Crippen molar-refractivity contribution >= 4 is 27.0 Å². The van der Waals surface area contributed by atoms with Crippen molar-refractivity contribution in [1.29, 1.82) is 0 Å². The van der Waals surface area contributed by atoms with Gasteiger partial charge in [0.15, 0.2) is 0 Å². The third-order valence-corrected chi connectivity index (χ3v) is 3.95. The van der Waals surface area contributed by atoms with E-state index >= 15 is 0 Å². The van der Waals surface area contributed by atoms with Crippen molar-refractivity contribution in [3.63, 3.8) is 0 Å². The van der Waals surface area contributed by atoms with Crippen molar-refractivity contribution in [2.24, 2.45) is 15.6 Å². The minimum Gasteiger partial charge on any atom is -0.335 e. The molecule has 0 saturated heterocycles. The molecular weight excluding hydrogens is 252 g/mol. The number of amides is 2. The Hall–Kier alpha value is -1.24. The molecule has 1 atom stereocenters. The SMILES string of the molecule is CC(C)NC(=O)N(C)C1=NN=C(C(C)(C)C)S1=O. The molecule has 0 aromatic rings. The highest BCUT2D eigenvalue weighted by atomic mass is 32.2. The first-order chi connectivity index (χ1) is 8.14. The Balaban J connectivity index is 2.79. The van der Waals surface area contributed by atoms with Crippen LogP contribution in [0.1, 0.15) is 34.6 Å². The molecule has 1 rings (SSSR count). The highest BCUT2D eigenvalue weighted by molar-refractivity contribution is 8.14. The van der Waals surface area contributed by atoms with Crippen LogP contribution in [0.2, 0.25) is 0 Å². The van der Waals surface area contributed by atoms with Crippen molar-refractivity contribution in [3.05, 3.63) is 0 Å². The summed E-state index contributed by atoms with van der Waals surface area (Å²) in [5, 5.41) is 11.2. The van der Waals surface area contributed by atoms with Gasteiger partial charge in [-0.15, -0.1) is 10.2 Å². The van der Waals surface area contributed by atoms with Crippen LogP contribution >= 0.6 is 0 Å². The largest absolute Gasteiger partial charge is 0.335 e. The smallest absolute Gasteiger partial charge is 0.323 e. The monoisotopic (exact) mass is 272 g/mol. The Labute approximate surface area is 110 Å². The zero-order valence-corrected chi connectivity index (χ0v) is 12.5. The minimum absolute atomic E-state index is 0.0124. The van der Waals surface area contributed by atoms with Crippen LogP contribution in [-0.2, 0) is 10.8 Å². The van der Waals surface area contributed by atoms with Crippen LogP contribution in [-0.4, -0.2) is 38.4 Å². The molecule has 0 radical (unpaired) electrons. The molecule has 1 unspecified atom stereocenters. The first-order valence-corrected chi connectivity index (χ1v) is 6.91. The van der Waals surface area contributed by atoms with Crippen molar-refractivity contribution in [3.8, 4) is 0 Å². The lowest BCUT2D eigenvalue weighted by Crippen LogP contribution is -2.45. The van der Waals surface area contributed by atoms with Gasteiger partial charge in [-0.05, 0) is 13.8 Å². The van der Waals surface area contributed by atoms with Crippen molar-refractivity contribution in [1.82, 2.24) is 10.2 Å². The first-order valence-electron chi connectivity index (χ1n) is 5.76. The maximum absolute atomic E-state index is 12.2. The van der Waals surface area contributed by atoms with Crippen LogP contribution in [0.25, 0.3) is 0 Å². The number of carbonyl (C=O) groups excluding carboxylic acids is 1. The van der Waals surface area contributed by atoms with Crippen LogP contribution in [0.15, 0.2) is 10.2 Å². The summed E-state index contributed by atoms with van der Waals surface area (Å²) >= 11 is 0. The van der Waals surface area contributed by atoms with Gasteiger partial charge < -0.3 is 5.32 Å². The molecule has 0 spiro atoms. The third-order valence-electron chi connectivity index (χ3n) is 2.21. The standard InChI is InChI=1S/C11H20N4O2S/c1-7(2)12-9(16)15(6)10-14-13-8(18(10)17)11(3,4)5/h7H,1-6H3,(H,12,16). The third kappa shape index (κ3) is 3.16. The predicted molar refractivity (Wildman–Crippen MR) is 73.9 cm³/mol. The normalized spacial score (nSPS) is 19.6. The molecule has 0 aliphatic carbocycles.